The zero-order valence-corrected chi connectivity index (χ0v) is 15.6. The number of hydrogen-bond acceptors (Lipinski definition) is 3. The monoisotopic (exact) mass is 410 g/mol. The van der Waals surface area contributed by atoms with Gasteiger partial charge < -0.3 is 11.1 Å². The van der Waals surface area contributed by atoms with E-state index >= 15 is 0 Å². The summed E-state index contributed by atoms with van der Waals surface area (Å²) < 4.78 is 41.5. The lowest BCUT2D eigenvalue weighted by Gasteiger charge is -2.10. The molecule has 3 N–H and O–H groups in total. The van der Waals surface area contributed by atoms with Crippen molar-refractivity contribution in [2.75, 3.05) is 11.9 Å². The van der Waals surface area contributed by atoms with Gasteiger partial charge in [0, 0.05) is 23.1 Å². The lowest BCUT2D eigenvalue weighted by Crippen LogP contribution is -2.21. The Hall–Kier alpha value is -3.65. The third-order valence-corrected chi connectivity index (χ3v) is 4.62. The van der Waals surface area contributed by atoms with Crippen molar-refractivity contribution in [3.8, 4) is 17.1 Å². The van der Waals surface area contributed by atoms with Crippen molar-refractivity contribution in [2.45, 2.75) is 6.18 Å². The molecule has 0 aliphatic carbocycles. The zero-order chi connectivity index (χ0) is 21.3. The number of hydrogen-bond donors (Lipinski definition) is 2. The number of nitrogens with zero attached hydrogens (tertiary/aromatic N) is 2. The number of carbonyl (C=O) groups is 1. The first kappa shape index (κ1) is 19.7. The highest BCUT2D eigenvalue weighted by Gasteiger charge is 2.35. The van der Waals surface area contributed by atoms with Gasteiger partial charge in [0.25, 0.3) is 0 Å². The van der Waals surface area contributed by atoms with Crippen LogP contribution in [0.1, 0.15) is 5.69 Å². The molecule has 0 atom stereocenters. The van der Waals surface area contributed by atoms with Gasteiger partial charge in [-0.1, -0.05) is 36.4 Å². The van der Waals surface area contributed by atoms with Crippen LogP contribution in [0.3, 0.4) is 0 Å². The van der Waals surface area contributed by atoms with E-state index in [1.165, 1.54) is 4.57 Å². The van der Waals surface area contributed by atoms with Gasteiger partial charge >= 0.3 is 6.18 Å². The topological polar surface area (TPSA) is 72.9 Å². The number of amides is 1. The van der Waals surface area contributed by atoms with Crippen molar-refractivity contribution in [2.24, 2.45) is 5.73 Å². The van der Waals surface area contributed by atoms with Gasteiger partial charge in [-0.25, -0.2) is 4.98 Å². The molecule has 4 rings (SSSR count). The van der Waals surface area contributed by atoms with Crippen molar-refractivity contribution >= 4 is 22.4 Å². The number of imidazole rings is 1. The third-order valence-electron chi connectivity index (χ3n) is 4.62. The van der Waals surface area contributed by atoms with E-state index in [2.05, 4.69) is 10.3 Å². The second-order valence-electron chi connectivity index (χ2n) is 6.68. The van der Waals surface area contributed by atoms with Crippen LogP contribution in [0.2, 0.25) is 0 Å². The van der Waals surface area contributed by atoms with Gasteiger partial charge in [0.15, 0.2) is 5.69 Å². The molecule has 8 heteroatoms. The fraction of sp³-hybridized carbons (Fsp3) is 0.0909. The van der Waals surface area contributed by atoms with Crippen LogP contribution in [-0.4, -0.2) is 22.0 Å². The molecule has 0 spiro atoms. The molecule has 4 aromatic rings. The van der Waals surface area contributed by atoms with E-state index in [4.69, 9.17) is 5.73 Å². The second kappa shape index (κ2) is 7.64. The second-order valence-corrected chi connectivity index (χ2v) is 6.68. The number of halogens is 3. The molecule has 0 radical (unpaired) electrons. The molecule has 1 amide bonds. The summed E-state index contributed by atoms with van der Waals surface area (Å²) in [5, 5.41) is 4.48. The quantitative estimate of drug-likeness (QED) is 0.516. The van der Waals surface area contributed by atoms with Crippen LogP contribution in [0.25, 0.3) is 27.8 Å². The normalized spacial score (nSPS) is 11.6. The third kappa shape index (κ3) is 3.90. The first-order valence-corrected chi connectivity index (χ1v) is 9.11. The fourth-order valence-corrected chi connectivity index (χ4v) is 3.16. The van der Waals surface area contributed by atoms with E-state index in [9.17, 15) is 18.0 Å². The number of nitrogens with two attached hydrogens (primary N) is 1. The molecule has 1 aromatic heterocycles. The molecular formula is C22H17F3N4O. The van der Waals surface area contributed by atoms with Gasteiger partial charge in [-0.3, -0.25) is 9.36 Å². The Morgan fingerprint density at radius 3 is 2.37 bits per heavy atom. The summed E-state index contributed by atoms with van der Waals surface area (Å²) in [7, 11) is 0. The van der Waals surface area contributed by atoms with Crippen molar-refractivity contribution in [3.05, 3.63) is 78.6 Å². The fourth-order valence-electron chi connectivity index (χ4n) is 3.16. The average molecular weight is 410 g/mol. The van der Waals surface area contributed by atoms with Crippen LogP contribution in [0.4, 0.5) is 18.9 Å². The van der Waals surface area contributed by atoms with Crippen molar-refractivity contribution < 1.29 is 18.0 Å². The lowest BCUT2D eigenvalue weighted by molar-refractivity contribution is -0.140. The summed E-state index contributed by atoms with van der Waals surface area (Å²) >= 11 is 0. The van der Waals surface area contributed by atoms with Crippen LogP contribution in [0.15, 0.2) is 72.9 Å². The van der Waals surface area contributed by atoms with Crippen LogP contribution < -0.4 is 11.1 Å². The summed E-state index contributed by atoms with van der Waals surface area (Å²) in [4.78, 5) is 15.3. The summed E-state index contributed by atoms with van der Waals surface area (Å²) in [6, 6.07) is 19.4. The SMILES string of the molecule is NCC(=O)Nc1ccc(-n2cc(C(F)(F)F)nc2-c2ccc3ccccc3c2)cc1. The molecule has 0 aliphatic rings. The minimum Gasteiger partial charge on any atom is -0.325 e. The predicted molar refractivity (Wildman–Crippen MR) is 109 cm³/mol. The molecule has 0 unspecified atom stereocenters. The highest BCUT2D eigenvalue weighted by molar-refractivity contribution is 5.92. The zero-order valence-electron chi connectivity index (χ0n) is 15.6. The van der Waals surface area contributed by atoms with Gasteiger partial charge in [-0.2, -0.15) is 13.2 Å². The minimum atomic E-state index is -4.58. The predicted octanol–water partition coefficient (Wildman–Crippen LogP) is 4.61. The van der Waals surface area contributed by atoms with E-state index in [-0.39, 0.29) is 18.3 Å². The molecule has 0 saturated carbocycles. The molecule has 0 aliphatic heterocycles. The number of fused-ring (bicyclic) bond motifs is 1. The maximum atomic E-state index is 13.4. The standard InChI is InChI=1S/C22H17F3N4O/c23-22(24,25)19-13-29(18-9-7-17(8-10-18)27-20(30)12-26)21(28-19)16-6-5-14-3-1-2-4-15(14)11-16/h1-11,13H,12,26H2,(H,27,30). The van der Waals surface area contributed by atoms with E-state index < -0.39 is 11.9 Å². The van der Waals surface area contributed by atoms with E-state index in [0.29, 0.717) is 16.9 Å². The van der Waals surface area contributed by atoms with Gasteiger partial charge in [-0.15, -0.1) is 0 Å². The Kier molecular flexibility index (Phi) is 5.01. The van der Waals surface area contributed by atoms with Gasteiger partial charge in [0.05, 0.1) is 6.54 Å². The minimum absolute atomic E-state index is 0.162. The Balaban J connectivity index is 1.80. The number of benzene rings is 3. The van der Waals surface area contributed by atoms with E-state index in [0.717, 1.165) is 17.0 Å². The Morgan fingerprint density at radius 1 is 1.00 bits per heavy atom. The highest BCUT2D eigenvalue weighted by atomic mass is 19.4. The van der Waals surface area contributed by atoms with Crippen LogP contribution >= 0.6 is 0 Å². The molecule has 152 valence electrons. The first-order chi connectivity index (χ1) is 14.3. The van der Waals surface area contributed by atoms with Crippen molar-refractivity contribution in [1.29, 1.82) is 0 Å². The van der Waals surface area contributed by atoms with Crippen LogP contribution in [-0.2, 0) is 11.0 Å². The van der Waals surface area contributed by atoms with Crippen LogP contribution in [0, 0.1) is 0 Å². The largest absolute Gasteiger partial charge is 0.434 e. The number of rotatable bonds is 4. The molecule has 1 heterocycles. The molecule has 5 nitrogen and oxygen atoms in total. The first-order valence-electron chi connectivity index (χ1n) is 9.11. The summed E-state index contributed by atoms with van der Waals surface area (Å²) in [5.74, 6) is -0.187. The van der Waals surface area contributed by atoms with Crippen LogP contribution in [0.5, 0.6) is 0 Å². The number of aromatic nitrogens is 2. The smallest absolute Gasteiger partial charge is 0.325 e. The van der Waals surface area contributed by atoms with Gasteiger partial charge in [0.1, 0.15) is 5.82 Å². The maximum Gasteiger partial charge on any atom is 0.434 e. The summed E-state index contributed by atoms with van der Waals surface area (Å²) in [6.45, 7) is -0.162. The average Bonchev–Trinajstić information content (AvgIpc) is 3.20. The number of alkyl halides is 3. The highest BCUT2D eigenvalue weighted by Crippen LogP contribution is 2.33. The molecule has 30 heavy (non-hydrogen) atoms. The van der Waals surface area contributed by atoms with Crippen molar-refractivity contribution in [1.82, 2.24) is 9.55 Å². The molecular weight excluding hydrogens is 393 g/mol. The van der Waals surface area contributed by atoms with E-state index in [1.807, 2.05) is 36.4 Å². The number of carbonyl (C=O) groups excluding carboxylic acids is 1. The number of nitrogens with one attached hydrogen (secondary N) is 1. The van der Waals surface area contributed by atoms with Crippen molar-refractivity contribution in [3.63, 3.8) is 0 Å². The Morgan fingerprint density at radius 2 is 1.70 bits per heavy atom. The number of anilines is 1. The molecule has 3 aromatic carbocycles. The summed E-state index contributed by atoms with van der Waals surface area (Å²) in [6.07, 6.45) is -3.61. The lowest BCUT2D eigenvalue weighted by atomic mass is 10.1. The molecule has 0 bridgehead atoms. The Bertz CT molecular complexity index is 1210. The molecule has 0 fully saturated rings. The van der Waals surface area contributed by atoms with Gasteiger partial charge in [0.2, 0.25) is 5.91 Å². The van der Waals surface area contributed by atoms with Gasteiger partial charge in [-0.05, 0) is 41.1 Å². The summed E-state index contributed by atoms with van der Waals surface area (Å²) in [5.41, 5.74) is 5.83. The van der Waals surface area contributed by atoms with E-state index in [1.54, 1.807) is 30.3 Å². The molecule has 0 saturated heterocycles. The Labute approximate surface area is 170 Å². The maximum absolute atomic E-state index is 13.4.